The fraction of sp³-hybridized carbons (Fsp3) is 0.611. The second-order valence-electron chi connectivity index (χ2n) is 6.52. The van der Waals surface area contributed by atoms with E-state index in [9.17, 15) is 4.79 Å². The van der Waals surface area contributed by atoms with Crippen molar-refractivity contribution in [1.82, 2.24) is 9.80 Å². The van der Waals surface area contributed by atoms with Gasteiger partial charge >= 0.3 is 0 Å². The molecular weight excluding hydrogens is 345 g/mol. The van der Waals surface area contributed by atoms with Crippen LogP contribution in [0.15, 0.2) is 30.3 Å². The first kappa shape index (κ1) is 21.2. The quantitative estimate of drug-likeness (QED) is 0.882. The lowest BCUT2D eigenvalue weighted by molar-refractivity contribution is -0.134. The molecule has 2 aliphatic rings. The number of hydrogen-bond donors (Lipinski definition) is 1. The molecule has 6 heteroatoms. The van der Waals surface area contributed by atoms with Crippen LogP contribution in [0.4, 0.5) is 0 Å². The van der Waals surface area contributed by atoms with Crippen molar-refractivity contribution in [2.24, 2.45) is 5.73 Å². The molecule has 3 rings (SSSR count). The molecule has 2 unspecified atom stereocenters. The van der Waals surface area contributed by atoms with Crippen LogP contribution in [0.1, 0.15) is 37.2 Å². The normalized spacial score (nSPS) is 22.4. The standard InChI is InChI=1S/C18H27N3O.2ClH/c19-13-17(15-7-2-1-3-8-15)18(22)21-12-6-9-16(14-21)20-10-4-5-11-20;;/h1-3,7-8,16-17H,4-6,9-14,19H2;2*1H. The van der Waals surface area contributed by atoms with E-state index in [-0.39, 0.29) is 36.6 Å². The van der Waals surface area contributed by atoms with Gasteiger partial charge in [-0.2, -0.15) is 0 Å². The monoisotopic (exact) mass is 373 g/mol. The van der Waals surface area contributed by atoms with Crippen LogP contribution < -0.4 is 5.73 Å². The molecular formula is C18H29Cl2N3O. The van der Waals surface area contributed by atoms with Gasteiger partial charge in [-0.15, -0.1) is 24.8 Å². The van der Waals surface area contributed by atoms with Crippen molar-refractivity contribution in [2.75, 3.05) is 32.7 Å². The highest BCUT2D eigenvalue weighted by molar-refractivity contribution is 5.85. The van der Waals surface area contributed by atoms with Crippen molar-refractivity contribution in [3.05, 3.63) is 35.9 Å². The van der Waals surface area contributed by atoms with Crippen molar-refractivity contribution < 1.29 is 4.79 Å². The number of carbonyl (C=O) groups excluding carboxylic acids is 1. The average Bonchev–Trinajstić information content (AvgIpc) is 3.11. The first-order valence-electron chi connectivity index (χ1n) is 8.57. The molecule has 2 atom stereocenters. The number of benzene rings is 1. The maximum Gasteiger partial charge on any atom is 0.231 e. The summed E-state index contributed by atoms with van der Waals surface area (Å²) < 4.78 is 0. The lowest BCUT2D eigenvalue weighted by atomic mass is 9.95. The summed E-state index contributed by atoms with van der Waals surface area (Å²) in [4.78, 5) is 17.5. The largest absolute Gasteiger partial charge is 0.341 e. The summed E-state index contributed by atoms with van der Waals surface area (Å²) >= 11 is 0. The van der Waals surface area contributed by atoms with Crippen molar-refractivity contribution in [1.29, 1.82) is 0 Å². The summed E-state index contributed by atoms with van der Waals surface area (Å²) in [5.41, 5.74) is 6.95. The number of halogens is 2. The first-order valence-corrected chi connectivity index (χ1v) is 8.57. The summed E-state index contributed by atoms with van der Waals surface area (Å²) in [7, 11) is 0. The van der Waals surface area contributed by atoms with Crippen molar-refractivity contribution >= 4 is 30.7 Å². The predicted octanol–water partition coefficient (Wildman–Crippen LogP) is 2.66. The Kier molecular flexibility index (Phi) is 9.06. The molecule has 2 fully saturated rings. The SMILES string of the molecule is Cl.Cl.NCC(C(=O)N1CCCC(N2CCCC2)C1)c1ccccc1. The van der Waals surface area contributed by atoms with Gasteiger partial charge < -0.3 is 10.6 Å². The topological polar surface area (TPSA) is 49.6 Å². The van der Waals surface area contributed by atoms with E-state index in [1.165, 1.54) is 32.4 Å². The third-order valence-electron chi connectivity index (χ3n) is 5.10. The van der Waals surface area contributed by atoms with E-state index in [2.05, 4.69) is 9.80 Å². The zero-order valence-corrected chi connectivity index (χ0v) is 15.7. The second kappa shape index (κ2) is 10.2. The smallest absolute Gasteiger partial charge is 0.231 e. The third kappa shape index (κ3) is 4.85. The van der Waals surface area contributed by atoms with Crippen LogP contribution in [0.5, 0.6) is 0 Å². The van der Waals surface area contributed by atoms with Gasteiger partial charge in [-0.25, -0.2) is 0 Å². The Labute approximate surface area is 157 Å². The summed E-state index contributed by atoms with van der Waals surface area (Å²) in [5.74, 6) is 0.0103. The molecule has 0 saturated carbocycles. The number of rotatable bonds is 4. The average molecular weight is 374 g/mol. The molecule has 2 heterocycles. The Bertz CT molecular complexity index is 494. The summed E-state index contributed by atoms with van der Waals surface area (Å²) in [5, 5.41) is 0. The van der Waals surface area contributed by atoms with Gasteiger partial charge in [0.05, 0.1) is 5.92 Å². The summed E-state index contributed by atoms with van der Waals surface area (Å²) in [6.45, 7) is 4.54. The number of carbonyl (C=O) groups is 1. The molecule has 2 N–H and O–H groups in total. The Hall–Kier alpha value is -0.810. The van der Waals surface area contributed by atoms with Gasteiger partial charge in [-0.05, 0) is 44.3 Å². The number of piperidine rings is 1. The number of amides is 1. The molecule has 2 saturated heterocycles. The number of likely N-dealkylation sites (tertiary alicyclic amines) is 2. The molecule has 2 aliphatic heterocycles. The number of hydrogen-bond acceptors (Lipinski definition) is 3. The molecule has 136 valence electrons. The lowest BCUT2D eigenvalue weighted by Crippen LogP contribution is -2.50. The van der Waals surface area contributed by atoms with Crippen molar-refractivity contribution in [3.8, 4) is 0 Å². The fourth-order valence-corrected chi connectivity index (χ4v) is 3.84. The Balaban J connectivity index is 0.00000144. The zero-order chi connectivity index (χ0) is 15.4. The van der Waals surface area contributed by atoms with Gasteiger partial charge in [0.25, 0.3) is 0 Å². The Morgan fingerprint density at radius 2 is 1.75 bits per heavy atom. The van der Waals surface area contributed by atoms with Gasteiger partial charge in [0, 0.05) is 25.7 Å². The van der Waals surface area contributed by atoms with Crippen LogP contribution in [0.2, 0.25) is 0 Å². The molecule has 1 aromatic rings. The molecule has 0 bridgehead atoms. The molecule has 1 amide bonds. The Morgan fingerprint density at radius 1 is 1.08 bits per heavy atom. The minimum Gasteiger partial charge on any atom is -0.341 e. The fourth-order valence-electron chi connectivity index (χ4n) is 3.84. The maximum atomic E-state index is 12.9. The third-order valence-corrected chi connectivity index (χ3v) is 5.10. The van der Waals surface area contributed by atoms with Gasteiger partial charge in [0.2, 0.25) is 5.91 Å². The van der Waals surface area contributed by atoms with Crippen LogP contribution >= 0.6 is 24.8 Å². The lowest BCUT2D eigenvalue weighted by Gasteiger charge is -2.39. The van der Waals surface area contributed by atoms with E-state index in [0.717, 1.165) is 25.1 Å². The first-order chi connectivity index (χ1) is 10.8. The van der Waals surface area contributed by atoms with Crippen LogP contribution in [-0.2, 0) is 4.79 Å². The van der Waals surface area contributed by atoms with E-state index >= 15 is 0 Å². The Morgan fingerprint density at radius 3 is 2.38 bits per heavy atom. The van der Waals surface area contributed by atoms with Gasteiger partial charge in [0.15, 0.2) is 0 Å². The van der Waals surface area contributed by atoms with Crippen LogP contribution in [0, 0.1) is 0 Å². The molecule has 0 aromatic heterocycles. The minimum absolute atomic E-state index is 0. The highest BCUT2D eigenvalue weighted by Gasteiger charge is 2.32. The molecule has 1 aromatic carbocycles. The molecule has 0 radical (unpaired) electrons. The van der Waals surface area contributed by atoms with E-state index in [0.29, 0.717) is 12.6 Å². The van der Waals surface area contributed by atoms with Crippen LogP contribution in [0.25, 0.3) is 0 Å². The van der Waals surface area contributed by atoms with E-state index in [1.54, 1.807) is 0 Å². The maximum absolute atomic E-state index is 12.9. The van der Waals surface area contributed by atoms with E-state index in [4.69, 9.17) is 5.73 Å². The van der Waals surface area contributed by atoms with E-state index < -0.39 is 0 Å². The second-order valence-corrected chi connectivity index (χ2v) is 6.52. The van der Waals surface area contributed by atoms with Gasteiger partial charge in [-0.3, -0.25) is 9.69 Å². The zero-order valence-electron chi connectivity index (χ0n) is 14.1. The predicted molar refractivity (Wildman–Crippen MR) is 103 cm³/mol. The number of nitrogens with zero attached hydrogens (tertiary/aromatic N) is 2. The number of nitrogens with two attached hydrogens (primary N) is 1. The van der Waals surface area contributed by atoms with Crippen molar-refractivity contribution in [3.63, 3.8) is 0 Å². The van der Waals surface area contributed by atoms with Gasteiger partial charge in [0.1, 0.15) is 0 Å². The summed E-state index contributed by atoms with van der Waals surface area (Å²) in [6.07, 6.45) is 4.95. The van der Waals surface area contributed by atoms with Crippen LogP contribution in [-0.4, -0.2) is 54.5 Å². The molecule has 4 nitrogen and oxygen atoms in total. The summed E-state index contributed by atoms with van der Waals surface area (Å²) in [6, 6.07) is 10.5. The highest BCUT2D eigenvalue weighted by Crippen LogP contribution is 2.24. The molecule has 0 spiro atoms. The van der Waals surface area contributed by atoms with E-state index in [1.807, 2.05) is 30.3 Å². The van der Waals surface area contributed by atoms with Gasteiger partial charge in [-0.1, -0.05) is 30.3 Å². The van der Waals surface area contributed by atoms with Crippen LogP contribution in [0.3, 0.4) is 0 Å². The van der Waals surface area contributed by atoms with Crippen molar-refractivity contribution in [2.45, 2.75) is 37.6 Å². The highest BCUT2D eigenvalue weighted by atomic mass is 35.5. The minimum atomic E-state index is -0.196. The molecule has 24 heavy (non-hydrogen) atoms. The molecule has 0 aliphatic carbocycles.